The highest BCUT2D eigenvalue weighted by molar-refractivity contribution is 5.29. The predicted molar refractivity (Wildman–Crippen MR) is 73.2 cm³/mol. The summed E-state index contributed by atoms with van der Waals surface area (Å²) < 4.78 is 2.20. The maximum absolute atomic E-state index is 6.06. The maximum atomic E-state index is 6.06. The lowest BCUT2D eigenvalue weighted by Gasteiger charge is -2.23. The molecule has 0 aliphatic carbocycles. The molecule has 0 saturated carbocycles. The van der Waals surface area contributed by atoms with E-state index in [2.05, 4.69) is 42.3 Å². The smallest absolute Gasteiger partial charge is 0.205 e. The Hall–Kier alpha value is -1.03. The Morgan fingerprint density at radius 2 is 2.18 bits per heavy atom. The maximum Gasteiger partial charge on any atom is 0.205 e. The molecule has 1 aromatic heterocycles. The van der Waals surface area contributed by atoms with Crippen molar-refractivity contribution in [3.63, 3.8) is 0 Å². The summed E-state index contributed by atoms with van der Waals surface area (Å²) in [7, 11) is 2.08. The summed E-state index contributed by atoms with van der Waals surface area (Å²) in [5, 5.41) is 0. The summed E-state index contributed by atoms with van der Waals surface area (Å²) in [5.41, 5.74) is 6.06. The van der Waals surface area contributed by atoms with Crippen molar-refractivity contribution >= 4 is 5.95 Å². The van der Waals surface area contributed by atoms with Crippen LogP contribution in [0.25, 0.3) is 0 Å². The number of aryl methyl sites for hydroxylation is 1. The molecule has 98 valence electrons. The van der Waals surface area contributed by atoms with Crippen LogP contribution < -0.4 is 10.6 Å². The molecule has 0 aliphatic rings. The average Bonchev–Trinajstić information content (AvgIpc) is 2.74. The van der Waals surface area contributed by atoms with Crippen molar-refractivity contribution in [1.29, 1.82) is 0 Å². The Labute approximate surface area is 105 Å². The summed E-state index contributed by atoms with van der Waals surface area (Å²) >= 11 is 0. The van der Waals surface area contributed by atoms with Gasteiger partial charge in [0.2, 0.25) is 5.95 Å². The molecular formula is C13H26N4. The molecule has 1 aromatic rings. The zero-order valence-corrected chi connectivity index (χ0v) is 11.6. The van der Waals surface area contributed by atoms with Gasteiger partial charge in [-0.25, -0.2) is 4.98 Å². The minimum Gasteiger partial charge on any atom is -0.345 e. The molecule has 1 atom stereocenters. The van der Waals surface area contributed by atoms with Crippen LogP contribution in [0.5, 0.6) is 0 Å². The second-order valence-corrected chi connectivity index (χ2v) is 5.04. The van der Waals surface area contributed by atoms with E-state index in [9.17, 15) is 0 Å². The van der Waals surface area contributed by atoms with Crippen LogP contribution in [0.15, 0.2) is 12.4 Å². The van der Waals surface area contributed by atoms with Gasteiger partial charge in [0, 0.05) is 38.6 Å². The summed E-state index contributed by atoms with van der Waals surface area (Å²) in [6, 6.07) is 0.270. The van der Waals surface area contributed by atoms with Crippen molar-refractivity contribution in [2.24, 2.45) is 11.7 Å². The minimum absolute atomic E-state index is 0.270. The molecule has 4 heteroatoms. The highest BCUT2D eigenvalue weighted by Gasteiger charge is 2.11. The molecule has 4 nitrogen and oxygen atoms in total. The first-order valence-electron chi connectivity index (χ1n) is 6.54. The molecule has 0 amide bonds. The van der Waals surface area contributed by atoms with Gasteiger partial charge in [0.05, 0.1) is 0 Å². The van der Waals surface area contributed by atoms with Gasteiger partial charge in [0.15, 0.2) is 0 Å². The lowest BCUT2D eigenvalue weighted by atomic mass is 10.0. The van der Waals surface area contributed by atoms with Crippen LogP contribution in [-0.4, -0.2) is 29.2 Å². The van der Waals surface area contributed by atoms with Crippen LogP contribution in [0.2, 0.25) is 0 Å². The zero-order valence-electron chi connectivity index (χ0n) is 11.6. The van der Waals surface area contributed by atoms with E-state index in [1.807, 2.05) is 12.4 Å². The molecule has 0 spiro atoms. The van der Waals surface area contributed by atoms with Gasteiger partial charge in [-0.1, -0.05) is 20.8 Å². The third kappa shape index (κ3) is 4.04. The third-order valence-electron chi connectivity index (χ3n) is 3.15. The SMILES string of the molecule is CCCn1ccnc1N(C)CCC(N)C(C)C. The van der Waals surface area contributed by atoms with E-state index < -0.39 is 0 Å². The second kappa shape index (κ2) is 6.64. The Bertz CT molecular complexity index is 319. The molecule has 0 aliphatic heterocycles. The van der Waals surface area contributed by atoms with Crippen molar-refractivity contribution in [2.45, 2.75) is 46.2 Å². The largest absolute Gasteiger partial charge is 0.345 e. The van der Waals surface area contributed by atoms with E-state index in [1.54, 1.807) is 0 Å². The Morgan fingerprint density at radius 1 is 1.47 bits per heavy atom. The van der Waals surface area contributed by atoms with Gasteiger partial charge >= 0.3 is 0 Å². The van der Waals surface area contributed by atoms with E-state index >= 15 is 0 Å². The van der Waals surface area contributed by atoms with Crippen molar-refractivity contribution in [3.05, 3.63) is 12.4 Å². The first kappa shape index (κ1) is 14.0. The molecule has 1 rings (SSSR count). The number of rotatable bonds is 7. The predicted octanol–water partition coefficient (Wildman–Crippen LogP) is 2.10. The third-order valence-corrected chi connectivity index (χ3v) is 3.15. The second-order valence-electron chi connectivity index (χ2n) is 5.04. The molecule has 0 radical (unpaired) electrons. The van der Waals surface area contributed by atoms with Gasteiger partial charge in [-0.2, -0.15) is 0 Å². The minimum atomic E-state index is 0.270. The van der Waals surface area contributed by atoms with Crippen LogP contribution in [-0.2, 0) is 6.54 Å². The number of nitrogens with two attached hydrogens (primary N) is 1. The Morgan fingerprint density at radius 3 is 2.76 bits per heavy atom. The quantitative estimate of drug-likeness (QED) is 0.791. The molecule has 17 heavy (non-hydrogen) atoms. The molecule has 0 saturated heterocycles. The Balaban J connectivity index is 2.51. The first-order chi connectivity index (χ1) is 8.06. The molecule has 0 aromatic carbocycles. The van der Waals surface area contributed by atoms with E-state index in [4.69, 9.17) is 5.73 Å². The van der Waals surface area contributed by atoms with E-state index in [-0.39, 0.29) is 6.04 Å². The fourth-order valence-corrected chi connectivity index (χ4v) is 1.83. The monoisotopic (exact) mass is 238 g/mol. The average molecular weight is 238 g/mol. The van der Waals surface area contributed by atoms with Gasteiger partial charge in [0.1, 0.15) is 0 Å². The first-order valence-corrected chi connectivity index (χ1v) is 6.54. The van der Waals surface area contributed by atoms with Gasteiger partial charge in [-0.3, -0.25) is 0 Å². The van der Waals surface area contributed by atoms with Gasteiger partial charge in [0.25, 0.3) is 0 Å². The Kier molecular flexibility index (Phi) is 5.48. The van der Waals surface area contributed by atoms with Crippen molar-refractivity contribution in [2.75, 3.05) is 18.5 Å². The number of hydrogen-bond donors (Lipinski definition) is 1. The number of nitrogens with zero attached hydrogens (tertiary/aromatic N) is 3. The molecule has 0 fully saturated rings. The van der Waals surface area contributed by atoms with E-state index in [1.165, 1.54) is 0 Å². The van der Waals surface area contributed by atoms with Crippen LogP contribution in [0.4, 0.5) is 5.95 Å². The van der Waals surface area contributed by atoms with Crippen molar-refractivity contribution < 1.29 is 0 Å². The van der Waals surface area contributed by atoms with Crippen molar-refractivity contribution in [1.82, 2.24) is 9.55 Å². The van der Waals surface area contributed by atoms with E-state index in [0.717, 1.165) is 31.9 Å². The number of aromatic nitrogens is 2. The lowest BCUT2D eigenvalue weighted by molar-refractivity contribution is 0.464. The van der Waals surface area contributed by atoms with Gasteiger partial charge < -0.3 is 15.2 Å². The normalized spacial score (nSPS) is 13.1. The van der Waals surface area contributed by atoms with Crippen molar-refractivity contribution in [3.8, 4) is 0 Å². The lowest BCUT2D eigenvalue weighted by Crippen LogP contribution is -2.32. The topological polar surface area (TPSA) is 47.1 Å². The fraction of sp³-hybridized carbons (Fsp3) is 0.769. The number of imidazole rings is 1. The summed E-state index contributed by atoms with van der Waals surface area (Å²) in [6.45, 7) is 8.50. The van der Waals surface area contributed by atoms with Crippen LogP contribution in [0, 0.1) is 5.92 Å². The molecule has 0 bridgehead atoms. The highest BCUT2D eigenvalue weighted by atomic mass is 15.3. The fourth-order valence-electron chi connectivity index (χ4n) is 1.83. The zero-order chi connectivity index (χ0) is 12.8. The van der Waals surface area contributed by atoms with Gasteiger partial charge in [-0.05, 0) is 18.8 Å². The van der Waals surface area contributed by atoms with Gasteiger partial charge in [-0.15, -0.1) is 0 Å². The molecule has 1 heterocycles. The number of anilines is 1. The molecular weight excluding hydrogens is 212 g/mol. The van der Waals surface area contributed by atoms with Crippen LogP contribution >= 0.6 is 0 Å². The number of hydrogen-bond acceptors (Lipinski definition) is 3. The van der Waals surface area contributed by atoms with Crippen LogP contribution in [0.1, 0.15) is 33.6 Å². The summed E-state index contributed by atoms with van der Waals surface area (Å²) in [6.07, 6.45) is 6.04. The van der Waals surface area contributed by atoms with E-state index in [0.29, 0.717) is 5.92 Å². The summed E-state index contributed by atoms with van der Waals surface area (Å²) in [4.78, 5) is 6.60. The molecule has 2 N–H and O–H groups in total. The standard InChI is InChI=1S/C13H26N4/c1-5-8-17-10-7-15-13(17)16(4)9-6-12(14)11(2)3/h7,10-12H,5-6,8-9,14H2,1-4H3. The molecule has 1 unspecified atom stereocenters. The van der Waals surface area contributed by atoms with Crippen LogP contribution in [0.3, 0.4) is 0 Å². The highest BCUT2D eigenvalue weighted by Crippen LogP contribution is 2.12. The summed E-state index contributed by atoms with van der Waals surface area (Å²) in [5.74, 6) is 1.58.